The lowest BCUT2D eigenvalue weighted by molar-refractivity contribution is -0.151. The largest absolute Gasteiger partial charge is 0.459 e. The Morgan fingerprint density at radius 1 is 0.962 bits per heavy atom. The summed E-state index contributed by atoms with van der Waals surface area (Å²) in [6.07, 6.45) is 0.637. The van der Waals surface area contributed by atoms with Crippen molar-refractivity contribution in [3.8, 4) is 0 Å². The third-order valence-electron chi connectivity index (χ3n) is 4.75. The maximum absolute atomic E-state index is 12.8. The molecule has 2 aromatic rings. The van der Waals surface area contributed by atoms with E-state index in [-0.39, 0.29) is 12.5 Å². The van der Waals surface area contributed by atoms with Crippen LogP contribution in [-0.2, 0) is 16.1 Å². The van der Waals surface area contributed by atoms with Gasteiger partial charge in [0.15, 0.2) is 0 Å². The molecular weight excluding hydrogens is 330 g/mol. The van der Waals surface area contributed by atoms with E-state index >= 15 is 0 Å². The quantitative estimate of drug-likeness (QED) is 0.591. The molecule has 0 spiro atoms. The molecule has 0 aromatic heterocycles. The first-order chi connectivity index (χ1) is 12.5. The van der Waals surface area contributed by atoms with Gasteiger partial charge in [0.2, 0.25) is 0 Å². The summed E-state index contributed by atoms with van der Waals surface area (Å²) in [7, 11) is 0. The fraction of sp³-hybridized carbons (Fsp3) is 0.286. The zero-order valence-electron chi connectivity index (χ0n) is 14.8. The summed E-state index contributed by atoms with van der Waals surface area (Å²) >= 11 is 0. The fourth-order valence-corrected chi connectivity index (χ4v) is 3.09. The number of carbonyl (C=O) groups excluding carboxylic acids is 3. The molecule has 1 heterocycles. The van der Waals surface area contributed by atoms with Crippen molar-refractivity contribution < 1.29 is 19.1 Å². The molecule has 2 aromatic carbocycles. The summed E-state index contributed by atoms with van der Waals surface area (Å²) in [5, 5.41) is 0. The molecule has 1 aliphatic heterocycles. The SMILES string of the molecule is CC[C@H](C)[C@@H](C(=O)OCc1ccccc1)N1C(=O)c2ccccc2C1=O. The highest BCUT2D eigenvalue weighted by Crippen LogP contribution is 2.28. The number of hydrogen-bond acceptors (Lipinski definition) is 4. The number of carbonyl (C=O) groups is 3. The number of imide groups is 1. The lowest BCUT2D eigenvalue weighted by Gasteiger charge is -2.29. The Balaban J connectivity index is 1.84. The molecule has 3 rings (SSSR count). The first-order valence-electron chi connectivity index (χ1n) is 8.72. The van der Waals surface area contributed by atoms with Crippen LogP contribution in [0.2, 0.25) is 0 Å². The van der Waals surface area contributed by atoms with Crippen LogP contribution < -0.4 is 0 Å². The number of ether oxygens (including phenoxy) is 1. The minimum absolute atomic E-state index is 0.107. The Hall–Kier alpha value is -2.95. The van der Waals surface area contributed by atoms with Gasteiger partial charge < -0.3 is 4.74 Å². The van der Waals surface area contributed by atoms with Crippen molar-refractivity contribution in [2.75, 3.05) is 0 Å². The van der Waals surface area contributed by atoms with Gasteiger partial charge in [-0.1, -0.05) is 62.7 Å². The molecule has 0 saturated carbocycles. The van der Waals surface area contributed by atoms with Crippen LogP contribution in [0.15, 0.2) is 54.6 Å². The summed E-state index contributed by atoms with van der Waals surface area (Å²) in [4.78, 5) is 39.3. The molecule has 0 saturated heterocycles. The number of esters is 1. The maximum Gasteiger partial charge on any atom is 0.329 e. The summed E-state index contributed by atoms with van der Waals surface area (Å²) in [5.41, 5.74) is 1.52. The van der Waals surface area contributed by atoms with Gasteiger partial charge in [0, 0.05) is 0 Å². The Morgan fingerprint density at radius 3 is 2.04 bits per heavy atom. The van der Waals surface area contributed by atoms with Gasteiger partial charge in [0.1, 0.15) is 12.6 Å². The van der Waals surface area contributed by atoms with Crippen LogP contribution in [0.5, 0.6) is 0 Å². The Bertz CT molecular complexity index is 796. The number of rotatable bonds is 6. The van der Waals surface area contributed by atoms with E-state index in [1.807, 2.05) is 44.2 Å². The molecule has 2 atom stereocenters. The molecular formula is C21H21NO4. The van der Waals surface area contributed by atoms with Gasteiger partial charge in [-0.05, 0) is 23.6 Å². The number of amides is 2. The predicted molar refractivity (Wildman–Crippen MR) is 96.4 cm³/mol. The Labute approximate surface area is 152 Å². The molecule has 5 nitrogen and oxygen atoms in total. The van der Waals surface area contributed by atoms with Gasteiger partial charge in [-0.2, -0.15) is 0 Å². The van der Waals surface area contributed by atoms with E-state index in [2.05, 4.69) is 0 Å². The second-order valence-corrected chi connectivity index (χ2v) is 6.45. The van der Waals surface area contributed by atoms with Crippen LogP contribution in [0.1, 0.15) is 46.5 Å². The molecule has 0 fully saturated rings. The molecule has 0 aliphatic carbocycles. The third-order valence-corrected chi connectivity index (χ3v) is 4.75. The lowest BCUT2D eigenvalue weighted by Crippen LogP contribution is -2.49. The molecule has 0 unspecified atom stereocenters. The van der Waals surface area contributed by atoms with Gasteiger partial charge >= 0.3 is 5.97 Å². The van der Waals surface area contributed by atoms with Crippen molar-refractivity contribution in [2.24, 2.45) is 5.92 Å². The molecule has 1 aliphatic rings. The van der Waals surface area contributed by atoms with Gasteiger partial charge in [0.25, 0.3) is 11.8 Å². The summed E-state index contributed by atoms with van der Waals surface area (Å²) < 4.78 is 5.44. The van der Waals surface area contributed by atoms with E-state index in [0.29, 0.717) is 17.5 Å². The van der Waals surface area contributed by atoms with E-state index in [4.69, 9.17) is 4.74 Å². The predicted octanol–water partition coefficient (Wildman–Crippen LogP) is 3.44. The zero-order valence-corrected chi connectivity index (χ0v) is 14.8. The van der Waals surface area contributed by atoms with E-state index < -0.39 is 23.8 Å². The zero-order chi connectivity index (χ0) is 18.7. The average molecular weight is 351 g/mol. The van der Waals surface area contributed by atoms with Crippen molar-refractivity contribution in [2.45, 2.75) is 32.9 Å². The van der Waals surface area contributed by atoms with Gasteiger partial charge in [-0.15, -0.1) is 0 Å². The van der Waals surface area contributed by atoms with Crippen LogP contribution in [0.25, 0.3) is 0 Å². The van der Waals surface area contributed by atoms with Crippen molar-refractivity contribution in [1.82, 2.24) is 4.90 Å². The van der Waals surface area contributed by atoms with Gasteiger partial charge in [-0.25, -0.2) is 4.79 Å². The fourth-order valence-electron chi connectivity index (χ4n) is 3.09. The summed E-state index contributed by atoms with van der Waals surface area (Å²) in [6.45, 7) is 3.87. The monoisotopic (exact) mass is 351 g/mol. The molecule has 2 amide bonds. The minimum Gasteiger partial charge on any atom is -0.459 e. The third kappa shape index (κ3) is 3.25. The van der Waals surface area contributed by atoms with Crippen LogP contribution in [0, 0.1) is 5.92 Å². The standard InChI is InChI=1S/C21H21NO4/c1-3-14(2)18(21(25)26-13-15-9-5-4-6-10-15)22-19(23)16-11-7-8-12-17(16)20(22)24/h4-12,14,18H,3,13H2,1-2H3/t14-,18-/m0/s1. The molecule has 0 N–H and O–H groups in total. The normalized spacial score (nSPS) is 15.5. The van der Waals surface area contributed by atoms with E-state index in [1.54, 1.807) is 24.3 Å². The molecule has 134 valence electrons. The Morgan fingerprint density at radius 2 is 1.50 bits per heavy atom. The number of benzene rings is 2. The van der Waals surface area contributed by atoms with Crippen LogP contribution in [-0.4, -0.2) is 28.7 Å². The average Bonchev–Trinajstić information content (AvgIpc) is 2.92. The first-order valence-corrected chi connectivity index (χ1v) is 8.72. The second-order valence-electron chi connectivity index (χ2n) is 6.45. The second kappa shape index (κ2) is 7.52. The number of fused-ring (bicyclic) bond motifs is 1. The van der Waals surface area contributed by atoms with Gasteiger partial charge in [0.05, 0.1) is 11.1 Å². The Kier molecular flexibility index (Phi) is 5.16. The molecule has 5 heteroatoms. The molecule has 0 bridgehead atoms. The smallest absolute Gasteiger partial charge is 0.329 e. The van der Waals surface area contributed by atoms with Crippen molar-refractivity contribution >= 4 is 17.8 Å². The van der Waals surface area contributed by atoms with Gasteiger partial charge in [-0.3, -0.25) is 14.5 Å². The lowest BCUT2D eigenvalue weighted by atomic mass is 9.97. The number of nitrogens with zero attached hydrogens (tertiary/aromatic N) is 1. The summed E-state index contributed by atoms with van der Waals surface area (Å²) in [6, 6.07) is 15.0. The van der Waals surface area contributed by atoms with Crippen molar-refractivity contribution in [3.05, 3.63) is 71.3 Å². The van der Waals surface area contributed by atoms with E-state index in [1.165, 1.54) is 0 Å². The molecule has 0 radical (unpaired) electrons. The minimum atomic E-state index is -0.934. The molecule has 26 heavy (non-hydrogen) atoms. The highest BCUT2D eigenvalue weighted by atomic mass is 16.5. The van der Waals surface area contributed by atoms with Crippen LogP contribution in [0.3, 0.4) is 0 Å². The maximum atomic E-state index is 12.8. The van der Waals surface area contributed by atoms with Crippen LogP contribution in [0.4, 0.5) is 0 Å². The summed E-state index contributed by atoms with van der Waals surface area (Å²) in [5.74, 6) is -1.64. The topological polar surface area (TPSA) is 63.7 Å². The van der Waals surface area contributed by atoms with Crippen LogP contribution >= 0.6 is 0 Å². The number of hydrogen-bond donors (Lipinski definition) is 0. The van der Waals surface area contributed by atoms with E-state index in [9.17, 15) is 14.4 Å². The van der Waals surface area contributed by atoms with E-state index in [0.717, 1.165) is 10.5 Å². The highest BCUT2D eigenvalue weighted by molar-refractivity contribution is 6.22. The highest BCUT2D eigenvalue weighted by Gasteiger charge is 2.45. The first kappa shape index (κ1) is 17.9. The van der Waals surface area contributed by atoms with Crippen molar-refractivity contribution in [3.63, 3.8) is 0 Å². The van der Waals surface area contributed by atoms with Crippen molar-refractivity contribution in [1.29, 1.82) is 0 Å².